The zero-order chi connectivity index (χ0) is 10.7. The van der Waals surface area contributed by atoms with Crippen molar-refractivity contribution in [1.29, 1.82) is 0 Å². The highest BCUT2D eigenvalue weighted by molar-refractivity contribution is 5.96. The van der Waals surface area contributed by atoms with Crippen LogP contribution in [0.5, 0.6) is 0 Å². The first-order valence-corrected chi connectivity index (χ1v) is 4.26. The third kappa shape index (κ3) is 2.46. The van der Waals surface area contributed by atoms with Crippen LogP contribution in [0.1, 0.15) is 17.4 Å². The van der Waals surface area contributed by atoms with Crippen molar-refractivity contribution in [3.05, 3.63) is 11.9 Å². The summed E-state index contributed by atoms with van der Waals surface area (Å²) in [6, 6.07) is 0. The molecule has 0 aliphatic heterocycles. The highest BCUT2D eigenvalue weighted by Crippen LogP contribution is 2.07. The maximum atomic E-state index is 11.4. The van der Waals surface area contributed by atoms with Crippen molar-refractivity contribution in [2.24, 2.45) is 7.05 Å². The molecule has 0 aliphatic rings. The van der Waals surface area contributed by atoms with Gasteiger partial charge in [-0.15, -0.1) is 0 Å². The largest absolute Gasteiger partial charge is 0.396 e. The number of aryl methyl sites for hydroxylation is 1. The molecule has 0 bridgehead atoms. The summed E-state index contributed by atoms with van der Waals surface area (Å²) < 4.78 is 1.46. The van der Waals surface area contributed by atoms with Crippen LogP contribution in [-0.2, 0) is 7.05 Å². The molecule has 0 unspecified atom stereocenters. The van der Waals surface area contributed by atoms with E-state index < -0.39 is 6.10 Å². The fourth-order valence-corrected chi connectivity index (χ4v) is 1.01. The van der Waals surface area contributed by atoms with Gasteiger partial charge < -0.3 is 16.2 Å². The number of hydrogen-bond donors (Lipinski definition) is 3. The van der Waals surface area contributed by atoms with Crippen molar-refractivity contribution in [3.63, 3.8) is 0 Å². The van der Waals surface area contributed by atoms with Gasteiger partial charge in [0.2, 0.25) is 0 Å². The van der Waals surface area contributed by atoms with Crippen LogP contribution in [0.25, 0.3) is 0 Å². The van der Waals surface area contributed by atoms with Gasteiger partial charge in [0.05, 0.1) is 11.8 Å². The van der Waals surface area contributed by atoms with Crippen molar-refractivity contribution >= 4 is 11.6 Å². The Hall–Kier alpha value is -1.56. The monoisotopic (exact) mass is 198 g/mol. The molecule has 1 amide bonds. The second-order valence-electron chi connectivity index (χ2n) is 3.17. The zero-order valence-electron chi connectivity index (χ0n) is 8.19. The molecular formula is C8H14N4O2. The summed E-state index contributed by atoms with van der Waals surface area (Å²) in [5.41, 5.74) is 6.06. The predicted molar refractivity (Wildman–Crippen MR) is 51.6 cm³/mol. The smallest absolute Gasteiger partial charge is 0.274 e. The molecule has 14 heavy (non-hydrogen) atoms. The molecule has 0 aliphatic carbocycles. The number of nitrogens with two attached hydrogens (primary N) is 1. The maximum Gasteiger partial charge on any atom is 0.274 e. The molecule has 6 heteroatoms. The average Bonchev–Trinajstić information content (AvgIpc) is 2.41. The number of nitrogens with one attached hydrogen (secondary N) is 1. The Morgan fingerprint density at radius 1 is 1.86 bits per heavy atom. The van der Waals surface area contributed by atoms with Crippen LogP contribution in [0, 0.1) is 0 Å². The van der Waals surface area contributed by atoms with E-state index in [9.17, 15) is 4.79 Å². The number of carbonyl (C=O) groups is 1. The van der Waals surface area contributed by atoms with Crippen molar-refractivity contribution in [2.45, 2.75) is 13.0 Å². The fourth-order valence-electron chi connectivity index (χ4n) is 1.01. The lowest BCUT2D eigenvalue weighted by Gasteiger charge is -2.05. The predicted octanol–water partition coefficient (Wildman–Crippen LogP) is -0.887. The van der Waals surface area contributed by atoms with Crippen molar-refractivity contribution in [3.8, 4) is 0 Å². The Kier molecular flexibility index (Phi) is 3.08. The Morgan fingerprint density at radius 3 is 2.93 bits per heavy atom. The lowest BCUT2D eigenvalue weighted by atomic mass is 10.3. The van der Waals surface area contributed by atoms with Gasteiger partial charge in [-0.2, -0.15) is 5.10 Å². The van der Waals surface area contributed by atoms with Crippen LogP contribution in [0.2, 0.25) is 0 Å². The molecule has 0 aromatic carbocycles. The summed E-state index contributed by atoms with van der Waals surface area (Å²) in [6.07, 6.45) is 0.973. The van der Waals surface area contributed by atoms with Crippen LogP contribution in [-0.4, -0.2) is 33.4 Å². The number of aromatic nitrogens is 2. The number of anilines is 1. The minimum absolute atomic E-state index is 0.188. The van der Waals surface area contributed by atoms with E-state index in [2.05, 4.69) is 10.4 Å². The molecule has 1 rings (SSSR count). The summed E-state index contributed by atoms with van der Waals surface area (Å²) in [5.74, 6) is -0.371. The van der Waals surface area contributed by atoms with E-state index in [0.29, 0.717) is 5.69 Å². The average molecular weight is 198 g/mol. The Morgan fingerprint density at radius 2 is 2.50 bits per heavy atom. The molecule has 6 nitrogen and oxygen atoms in total. The molecular weight excluding hydrogens is 184 g/mol. The van der Waals surface area contributed by atoms with Gasteiger partial charge in [0.25, 0.3) is 5.91 Å². The summed E-state index contributed by atoms with van der Waals surface area (Å²) >= 11 is 0. The summed E-state index contributed by atoms with van der Waals surface area (Å²) in [6.45, 7) is 1.77. The molecule has 78 valence electrons. The number of aliphatic hydroxyl groups is 1. The fraction of sp³-hybridized carbons (Fsp3) is 0.500. The summed E-state index contributed by atoms with van der Waals surface area (Å²) in [4.78, 5) is 11.4. The van der Waals surface area contributed by atoms with E-state index in [4.69, 9.17) is 10.8 Å². The van der Waals surface area contributed by atoms with E-state index in [1.54, 1.807) is 20.2 Å². The number of aliphatic hydroxyl groups excluding tert-OH is 1. The molecule has 0 saturated carbocycles. The first kappa shape index (κ1) is 10.5. The standard InChI is InChI=1S/C8H14N4O2/c1-5(13)3-10-8(14)7-6(9)4-12(2)11-7/h4-5,13H,3,9H2,1-2H3,(H,10,14)/t5-/m0/s1. The van der Waals surface area contributed by atoms with Crippen LogP contribution in [0.15, 0.2) is 6.20 Å². The molecule has 1 aromatic rings. The molecule has 4 N–H and O–H groups in total. The highest BCUT2D eigenvalue weighted by atomic mass is 16.3. The molecule has 0 fully saturated rings. The van der Waals surface area contributed by atoms with E-state index in [-0.39, 0.29) is 18.1 Å². The van der Waals surface area contributed by atoms with Crippen molar-refractivity contribution in [1.82, 2.24) is 15.1 Å². The van der Waals surface area contributed by atoms with Crippen molar-refractivity contribution in [2.75, 3.05) is 12.3 Å². The molecule has 1 aromatic heterocycles. The Labute approximate surface area is 81.7 Å². The number of hydrogen-bond acceptors (Lipinski definition) is 4. The Bertz CT molecular complexity index is 332. The van der Waals surface area contributed by atoms with Gasteiger partial charge in [-0.05, 0) is 6.92 Å². The van der Waals surface area contributed by atoms with Gasteiger partial charge in [0, 0.05) is 19.8 Å². The number of rotatable bonds is 3. The maximum absolute atomic E-state index is 11.4. The Balaban J connectivity index is 2.65. The summed E-state index contributed by atoms with van der Waals surface area (Å²) in [5, 5.41) is 15.3. The third-order valence-corrected chi connectivity index (χ3v) is 1.63. The second kappa shape index (κ2) is 4.10. The van der Waals surface area contributed by atoms with Crippen LogP contribution in [0.4, 0.5) is 5.69 Å². The third-order valence-electron chi connectivity index (χ3n) is 1.63. The second-order valence-corrected chi connectivity index (χ2v) is 3.17. The van der Waals surface area contributed by atoms with E-state index in [0.717, 1.165) is 0 Å². The van der Waals surface area contributed by atoms with E-state index in [1.165, 1.54) is 4.68 Å². The molecule has 0 saturated heterocycles. The topological polar surface area (TPSA) is 93.2 Å². The van der Waals surface area contributed by atoms with Crippen LogP contribution in [0.3, 0.4) is 0 Å². The van der Waals surface area contributed by atoms with Gasteiger partial charge in [-0.3, -0.25) is 9.48 Å². The van der Waals surface area contributed by atoms with Gasteiger partial charge in [-0.1, -0.05) is 0 Å². The minimum Gasteiger partial charge on any atom is -0.396 e. The van der Waals surface area contributed by atoms with Crippen molar-refractivity contribution < 1.29 is 9.90 Å². The van der Waals surface area contributed by atoms with Gasteiger partial charge in [-0.25, -0.2) is 0 Å². The lowest BCUT2D eigenvalue weighted by Crippen LogP contribution is -2.31. The van der Waals surface area contributed by atoms with Crippen LogP contribution >= 0.6 is 0 Å². The molecule has 0 spiro atoms. The quantitative estimate of drug-likeness (QED) is 0.587. The molecule has 1 atom stereocenters. The van der Waals surface area contributed by atoms with Crippen LogP contribution < -0.4 is 11.1 Å². The van der Waals surface area contributed by atoms with Gasteiger partial charge >= 0.3 is 0 Å². The number of carbonyl (C=O) groups excluding carboxylic acids is 1. The highest BCUT2D eigenvalue weighted by Gasteiger charge is 2.13. The number of nitrogens with zero attached hydrogens (tertiary/aromatic N) is 2. The first-order chi connectivity index (χ1) is 6.50. The van der Waals surface area contributed by atoms with Gasteiger partial charge in [0.1, 0.15) is 0 Å². The molecule has 1 heterocycles. The van der Waals surface area contributed by atoms with E-state index >= 15 is 0 Å². The summed E-state index contributed by atoms with van der Waals surface area (Å²) in [7, 11) is 1.68. The van der Waals surface area contributed by atoms with E-state index in [1.807, 2.05) is 0 Å². The minimum atomic E-state index is -0.580. The van der Waals surface area contributed by atoms with Gasteiger partial charge in [0.15, 0.2) is 5.69 Å². The zero-order valence-corrected chi connectivity index (χ0v) is 8.19. The number of nitrogen functional groups attached to an aromatic ring is 1. The first-order valence-electron chi connectivity index (χ1n) is 4.26. The molecule has 0 radical (unpaired) electrons. The lowest BCUT2D eigenvalue weighted by molar-refractivity contribution is 0.0919. The normalized spacial score (nSPS) is 12.5. The SMILES string of the molecule is C[C@H](O)CNC(=O)c1nn(C)cc1N. The number of amides is 1.